The summed E-state index contributed by atoms with van der Waals surface area (Å²) in [6.07, 6.45) is 3.90. The standard InChI is InChI=1S/C13H25N5/c1-12-15-5-7-18(12)6-4-14-10-13-11-16(2)8-9-17(13)3/h5,7,13-14H,4,6,8-11H2,1-3H3. The third kappa shape index (κ3) is 3.54. The van der Waals surface area contributed by atoms with Crippen LogP contribution in [0.25, 0.3) is 0 Å². The zero-order valence-corrected chi connectivity index (χ0v) is 11.8. The van der Waals surface area contributed by atoms with Gasteiger partial charge in [-0.15, -0.1) is 0 Å². The molecule has 1 aromatic rings. The molecule has 1 aliphatic rings. The first kappa shape index (κ1) is 13.5. The number of imidazole rings is 1. The quantitative estimate of drug-likeness (QED) is 0.749. The highest BCUT2D eigenvalue weighted by Crippen LogP contribution is 2.04. The number of piperazine rings is 1. The average molecular weight is 251 g/mol. The number of aryl methyl sites for hydroxylation is 1. The van der Waals surface area contributed by atoms with Gasteiger partial charge in [0.2, 0.25) is 0 Å². The molecule has 1 unspecified atom stereocenters. The van der Waals surface area contributed by atoms with Crippen LogP contribution in [0.5, 0.6) is 0 Å². The third-order valence-corrected chi connectivity index (χ3v) is 3.81. The van der Waals surface area contributed by atoms with E-state index in [1.165, 1.54) is 13.1 Å². The van der Waals surface area contributed by atoms with Crippen LogP contribution in [0, 0.1) is 6.92 Å². The van der Waals surface area contributed by atoms with Gasteiger partial charge in [0.05, 0.1) is 0 Å². The van der Waals surface area contributed by atoms with Crippen LogP contribution in [0.1, 0.15) is 5.82 Å². The Morgan fingerprint density at radius 2 is 2.22 bits per heavy atom. The summed E-state index contributed by atoms with van der Waals surface area (Å²) >= 11 is 0. The lowest BCUT2D eigenvalue weighted by molar-refractivity contribution is 0.113. The number of aromatic nitrogens is 2. The van der Waals surface area contributed by atoms with Gasteiger partial charge in [0, 0.05) is 57.7 Å². The van der Waals surface area contributed by atoms with Crippen LogP contribution in [-0.2, 0) is 6.54 Å². The first-order valence-corrected chi connectivity index (χ1v) is 6.74. The van der Waals surface area contributed by atoms with E-state index >= 15 is 0 Å². The summed E-state index contributed by atoms with van der Waals surface area (Å²) in [5, 5.41) is 3.55. The van der Waals surface area contributed by atoms with Gasteiger partial charge in [0.1, 0.15) is 5.82 Å². The topological polar surface area (TPSA) is 36.3 Å². The molecule has 102 valence electrons. The summed E-state index contributed by atoms with van der Waals surface area (Å²) in [6.45, 7) is 8.63. The Labute approximate surface area is 110 Å². The van der Waals surface area contributed by atoms with Gasteiger partial charge in [-0.2, -0.15) is 0 Å². The predicted octanol–water partition coefficient (Wildman–Crippen LogP) is 0.0269. The first-order chi connectivity index (χ1) is 8.66. The van der Waals surface area contributed by atoms with Crippen molar-refractivity contribution in [2.75, 3.05) is 46.8 Å². The largest absolute Gasteiger partial charge is 0.334 e. The minimum atomic E-state index is 0.632. The second kappa shape index (κ2) is 6.31. The van der Waals surface area contributed by atoms with E-state index in [0.717, 1.165) is 32.0 Å². The molecule has 0 saturated carbocycles. The van der Waals surface area contributed by atoms with Gasteiger partial charge in [-0.1, -0.05) is 0 Å². The van der Waals surface area contributed by atoms with Crippen molar-refractivity contribution in [3.63, 3.8) is 0 Å². The Kier molecular flexibility index (Phi) is 4.74. The van der Waals surface area contributed by atoms with E-state index in [-0.39, 0.29) is 0 Å². The average Bonchev–Trinajstić information content (AvgIpc) is 2.75. The van der Waals surface area contributed by atoms with Crippen molar-refractivity contribution in [2.45, 2.75) is 19.5 Å². The normalized spacial score (nSPS) is 22.5. The number of nitrogens with one attached hydrogen (secondary N) is 1. The van der Waals surface area contributed by atoms with Gasteiger partial charge >= 0.3 is 0 Å². The van der Waals surface area contributed by atoms with Crippen molar-refractivity contribution in [1.82, 2.24) is 24.7 Å². The van der Waals surface area contributed by atoms with Crippen molar-refractivity contribution in [3.8, 4) is 0 Å². The van der Waals surface area contributed by atoms with Gasteiger partial charge in [0.15, 0.2) is 0 Å². The van der Waals surface area contributed by atoms with E-state index in [1.807, 2.05) is 19.3 Å². The van der Waals surface area contributed by atoms with E-state index in [0.29, 0.717) is 6.04 Å². The zero-order valence-electron chi connectivity index (χ0n) is 11.8. The molecule has 0 aliphatic carbocycles. The Morgan fingerprint density at radius 3 is 2.94 bits per heavy atom. The molecule has 1 fully saturated rings. The number of likely N-dealkylation sites (N-methyl/N-ethyl adjacent to an activating group) is 2. The molecule has 1 saturated heterocycles. The van der Waals surface area contributed by atoms with Crippen molar-refractivity contribution >= 4 is 0 Å². The van der Waals surface area contributed by atoms with Gasteiger partial charge in [-0.05, 0) is 21.0 Å². The van der Waals surface area contributed by atoms with E-state index in [1.54, 1.807) is 0 Å². The highest BCUT2D eigenvalue weighted by molar-refractivity contribution is 4.88. The lowest BCUT2D eigenvalue weighted by Crippen LogP contribution is -2.53. The highest BCUT2D eigenvalue weighted by Gasteiger charge is 2.21. The van der Waals surface area contributed by atoms with Crippen molar-refractivity contribution in [1.29, 1.82) is 0 Å². The second-order valence-corrected chi connectivity index (χ2v) is 5.27. The zero-order chi connectivity index (χ0) is 13.0. The molecular formula is C13H25N5. The highest BCUT2D eigenvalue weighted by atomic mass is 15.3. The maximum Gasteiger partial charge on any atom is 0.105 e. The number of hydrogen-bond acceptors (Lipinski definition) is 4. The monoisotopic (exact) mass is 251 g/mol. The van der Waals surface area contributed by atoms with E-state index in [9.17, 15) is 0 Å². The van der Waals surface area contributed by atoms with E-state index < -0.39 is 0 Å². The molecule has 5 nitrogen and oxygen atoms in total. The van der Waals surface area contributed by atoms with Crippen molar-refractivity contribution in [2.24, 2.45) is 0 Å². The third-order valence-electron chi connectivity index (χ3n) is 3.81. The molecule has 0 amide bonds. The number of nitrogens with zero attached hydrogens (tertiary/aromatic N) is 4. The van der Waals surface area contributed by atoms with Crippen LogP contribution in [0.3, 0.4) is 0 Å². The Morgan fingerprint density at radius 1 is 1.39 bits per heavy atom. The Bertz CT molecular complexity index is 362. The van der Waals surface area contributed by atoms with Gasteiger partial charge in [0.25, 0.3) is 0 Å². The second-order valence-electron chi connectivity index (χ2n) is 5.27. The Hall–Kier alpha value is -0.910. The summed E-state index contributed by atoms with van der Waals surface area (Å²) in [5.74, 6) is 1.09. The molecule has 2 rings (SSSR count). The molecule has 0 bridgehead atoms. The van der Waals surface area contributed by atoms with E-state index in [4.69, 9.17) is 0 Å². The molecule has 1 aromatic heterocycles. The molecule has 0 aromatic carbocycles. The molecule has 18 heavy (non-hydrogen) atoms. The summed E-state index contributed by atoms with van der Waals surface area (Å²) in [7, 11) is 4.42. The van der Waals surface area contributed by atoms with Crippen LogP contribution < -0.4 is 5.32 Å². The lowest BCUT2D eigenvalue weighted by atomic mass is 10.2. The van der Waals surface area contributed by atoms with Gasteiger partial charge < -0.3 is 14.8 Å². The molecule has 2 heterocycles. The molecule has 1 atom stereocenters. The number of hydrogen-bond donors (Lipinski definition) is 1. The fraction of sp³-hybridized carbons (Fsp3) is 0.769. The van der Waals surface area contributed by atoms with Crippen LogP contribution in [0.2, 0.25) is 0 Å². The Balaban J connectivity index is 1.67. The maximum absolute atomic E-state index is 4.23. The number of rotatable bonds is 5. The molecule has 1 aliphatic heterocycles. The smallest absolute Gasteiger partial charge is 0.105 e. The van der Waals surface area contributed by atoms with E-state index in [2.05, 4.69) is 38.8 Å². The van der Waals surface area contributed by atoms with Crippen molar-refractivity contribution < 1.29 is 0 Å². The minimum Gasteiger partial charge on any atom is -0.334 e. The molecule has 0 spiro atoms. The molecular weight excluding hydrogens is 226 g/mol. The molecule has 0 radical (unpaired) electrons. The maximum atomic E-state index is 4.23. The van der Waals surface area contributed by atoms with Gasteiger partial charge in [-0.3, -0.25) is 4.90 Å². The summed E-state index contributed by atoms with van der Waals surface area (Å²) in [5.41, 5.74) is 0. The SMILES string of the molecule is Cc1nccn1CCNCC1CN(C)CCN1C. The fourth-order valence-electron chi connectivity index (χ4n) is 2.43. The van der Waals surface area contributed by atoms with Crippen molar-refractivity contribution in [3.05, 3.63) is 18.2 Å². The van der Waals surface area contributed by atoms with Crippen LogP contribution >= 0.6 is 0 Å². The van der Waals surface area contributed by atoms with Crippen LogP contribution in [0.15, 0.2) is 12.4 Å². The van der Waals surface area contributed by atoms with Crippen LogP contribution in [0.4, 0.5) is 0 Å². The predicted molar refractivity (Wildman–Crippen MR) is 73.7 cm³/mol. The first-order valence-electron chi connectivity index (χ1n) is 6.74. The molecule has 5 heteroatoms. The lowest BCUT2D eigenvalue weighted by Gasteiger charge is -2.37. The van der Waals surface area contributed by atoms with Gasteiger partial charge in [-0.25, -0.2) is 4.98 Å². The summed E-state index contributed by atoms with van der Waals surface area (Å²) < 4.78 is 2.18. The fourth-order valence-corrected chi connectivity index (χ4v) is 2.43. The van der Waals surface area contributed by atoms with Crippen LogP contribution in [-0.4, -0.2) is 72.2 Å². The molecule has 1 N–H and O–H groups in total. The summed E-state index contributed by atoms with van der Waals surface area (Å²) in [4.78, 5) is 9.09. The summed E-state index contributed by atoms with van der Waals surface area (Å²) in [6, 6.07) is 0.632. The minimum absolute atomic E-state index is 0.632.